The fourth-order valence-corrected chi connectivity index (χ4v) is 2.97. The maximum absolute atomic E-state index is 12.2. The number of amides is 1. The topological polar surface area (TPSA) is 32.8 Å². The number of hydrogen-bond acceptors (Lipinski definition) is 3. The number of carbonyl (C=O) groups is 1. The summed E-state index contributed by atoms with van der Waals surface area (Å²) in [4.78, 5) is 16.2. The number of ether oxygens (including phenoxy) is 1. The van der Waals surface area contributed by atoms with Gasteiger partial charge in [-0.2, -0.15) is 0 Å². The van der Waals surface area contributed by atoms with E-state index in [-0.39, 0.29) is 12.7 Å². The number of piperazine rings is 1. The van der Waals surface area contributed by atoms with Gasteiger partial charge >= 0.3 is 6.09 Å². The van der Waals surface area contributed by atoms with E-state index in [1.165, 1.54) is 5.69 Å². The summed E-state index contributed by atoms with van der Waals surface area (Å²) < 4.78 is 5.37. The molecule has 24 heavy (non-hydrogen) atoms. The van der Waals surface area contributed by atoms with Gasteiger partial charge in [-0.1, -0.05) is 47.5 Å². The Morgan fingerprint density at radius 1 is 0.958 bits per heavy atom. The standard InChI is InChI=1S/C18H18Cl2N2O2/c19-16-7-6-14(12-17(16)20)13-24-18(23)22-10-8-21(9-11-22)15-4-2-1-3-5-15/h1-7,12H,8-11,13H2. The van der Waals surface area contributed by atoms with Gasteiger partial charge in [0, 0.05) is 31.9 Å². The zero-order valence-electron chi connectivity index (χ0n) is 13.1. The lowest BCUT2D eigenvalue weighted by Crippen LogP contribution is -2.48. The molecule has 0 aromatic heterocycles. The first kappa shape index (κ1) is 16.9. The van der Waals surface area contributed by atoms with Crippen LogP contribution in [0.15, 0.2) is 48.5 Å². The number of rotatable bonds is 3. The number of benzene rings is 2. The van der Waals surface area contributed by atoms with Crippen LogP contribution in [0.1, 0.15) is 5.56 Å². The van der Waals surface area contributed by atoms with Crippen LogP contribution in [0.5, 0.6) is 0 Å². The highest BCUT2D eigenvalue weighted by atomic mass is 35.5. The van der Waals surface area contributed by atoms with Crippen LogP contribution in [0.4, 0.5) is 10.5 Å². The van der Waals surface area contributed by atoms with Gasteiger partial charge in [-0.3, -0.25) is 0 Å². The molecular weight excluding hydrogens is 347 g/mol. The molecular formula is C18H18Cl2N2O2. The van der Waals surface area contributed by atoms with Crippen molar-refractivity contribution >= 4 is 35.0 Å². The highest BCUT2D eigenvalue weighted by Gasteiger charge is 2.22. The van der Waals surface area contributed by atoms with Crippen molar-refractivity contribution in [3.8, 4) is 0 Å². The van der Waals surface area contributed by atoms with Gasteiger partial charge in [0.15, 0.2) is 0 Å². The quantitative estimate of drug-likeness (QED) is 0.806. The predicted octanol–water partition coefficient (Wildman–Crippen LogP) is 4.45. The zero-order valence-corrected chi connectivity index (χ0v) is 14.6. The Labute approximate surface area is 151 Å². The lowest BCUT2D eigenvalue weighted by Gasteiger charge is -2.35. The van der Waals surface area contributed by atoms with Crippen LogP contribution in [0, 0.1) is 0 Å². The van der Waals surface area contributed by atoms with Crippen molar-refractivity contribution in [2.45, 2.75) is 6.61 Å². The van der Waals surface area contributed by atoms with Gasteiger partial charge in [0.2, 0.25) is 0 Å². The largest absolute Gasteiger partial charge is 0.445 e. The van der Waals surface area contributed by atoms with Crippen LogP contribution in [-0.2, 0) is 11.3 Å². The van der Waals surface area contributed by atoms with Crippen molar-refractivity contribution in [3.63, 3.8) is 0 Å². The number of hydrogen-bond donors (Lipinski definition) is 0. The van der Waals surface area contributed by atoms with Crippen molar-refractivity contribution in [2.24, 2.45) is 0 Å². The van der Waals surface area contributed by atoms with Gasteiger partial charge in [-0.15, -0.1) is 0 Å². The van der Waals surface area contributed by atoms with Gasteiger partial charge < -0.3 is 14.5 Å². The number of carbonyl (C=O) groups excluding carboxylic acids is 1. The van der Waals surface area contributed by atoms with Crippen LogP contribution in [-0.4, -0.2) is 37.2 Å². The van der Waals surface area contributed by atoms with Crippen molar-refractivity contribution in [3.05, 3.63) is 64.1 Å². The Bertz CT molecular complexity index is 701. The predicted molar refractivity (Wildman–Crippen MR) is 96.9 cm³/mol. The fraction of sp³-hybridized carbons (Fsp3) is 0.278. The van der Waals surface area contributed by atoms with Crippen LogP contribution in [0.25, 0.3) is 0 Å². The first-order chi connectivity index (χ1) is 11.6. The minimum atomic E-state index is -0.297. The third kappa shape index (κ3) is 4.13. The number of halogens is 2. The Hall–Kier alpha value is -1.91. The third-order valence-electron chi connectivity index (χ3n) is 4.01. The van der Waals surface area contributed by atoms with Crippen molar-refractivity contribution in [1.29, 1.82) is 0 Å². The normalized spacial score (nSPS) is 14.6. The summed E-state index contributed by atoms with van der Waals surface area (Å²) in [6, 6.07) is 15.4. The van der Waals surface area contributed by atoms with Gasteiger partial charge in [-0.25, -0.2) is 4.79 Å². The van der Waals surface area contributed by atoms with E-state index in [9.17, 15) is 4.79 Å². The SMILES string of the molecule is O=C(OCc1ccc(Cl)c(Cl)c1)N1CCN(c2ccccc2)CC1. The average molecular weight is 365 g/mol. The summed E-state index contributed by atoms with van der Waals surface area (Å²) in [7, 11) is 0. The molecule has 1 amide bonds. The molecule has 1 aliphatic heterocycles. The van der Waals surface area contributed by atoms with Crippen molar-refractivity contribution in [1.82, 2.24) is 4.90 Å². The third-order valence-corrected chi connectivity index (χ3v) is 4.74. The molecule has 1 aliphatic rings. The van der Waals surface area contributed by atoms with Gasteiger partial charge in [0.25, 0.3) is 0 Å². The second-order valence-electron chi connectivity index (χ2n) is 5.61. The Morgan fingerprint density at radius 2 is 1.67 bits per heavy atom. The molecule has 0 spiro atoms. The Balaban J connectivity index is 1.49. The van der Waals surface area contributed by atoms with E-state index in [2.05, 4.69) is 17.0 Å². The molecule has 6 heteroatoms. The molecule has 1 saturated heterocycles. The molecule has 3 rings (SSSR count). The molecule has 0 unspecified atom stereocenters. The molecule has 4 nitrogen and oxygen atoms in total. The smallest absolute Gasteiger partial charge is 0.410 e. The minimum Gasteiger partial charge on any atom is -0.445 e. The molecule has 0 radical (unpaired) electrons. The van der Waals surface area contributed by atoms with E-state index < -0.39 is 0 Å². The molecule has 2 aromatic rings. The second-order valence-corrected chi connectivity index (χ2v) is 6.43. The van der Waals surface area contributed by atoms with Crippen molar-refractivity contribution < 1.29 is 9.53 Å². The van der Waals surface area contributed by atoms with Gasteiger partial charge in [0.1, 0.15) is 6.61 Å². The molecule has 126 valence electrons. The molecule has 0 N–H and O–H groups in total. The van der Waals surface area contributed by atoms with E-state index in [1.54, 1.807) is 23.1 Å². The summed E-state index contributed by atoms with van der Waals surface area (Å²) in [6.45, 7) is 3.08. The fourth-order valence-electron chi connectivity index (χ4n) is 2.65. The van der Waals surface area contributed by atoms with Crippen molar-refractivity contribution in [2.75, 3.05) is 31.1 Å². The summed E-state index contributed by atoms with van der Waals surface area (Å²) in [5, 5.41) is 0.950. The number of para-hydroxylation sites is 1. The second kappa shape index (κ2) is 7.77. The van der Waals surface area contributed by atoms with E-state index >= 15 is 0 Å². The van der Waals surface area contributed by atoms with Crippen LogP contribution in [0.2, 0.25) is 10.0 Å². The van der Waals surface area contributed by atoms with E-state index in [0.717, 1.165) is 18.7 Å². The maximum Gasteiger partial charge on any atom is 0.410 e. The maximum atomic E-state index is 12.2. The van der Waals surface area contributed by atoms with E-state index in [1.807, 2.05) is 18.2 Å². The van der Waals surface area contributed by atoms with Crippen LogP contribution >= 0.6 is 23.2 Å². The molecule has 0 aliphatic carbocycles. The van der Waals surface area contributed by atoms with E-state index in [4.69, 9.17) is 27.9 Å². The first-order valence-electron chi connectivity index (χ1n) is 7.79. The van der Waals surface area contributed by atoms with Gasteiger partial charge in [0.05, 0.1) is 10.0 Å². The summed E-state index contributed by atoms with van der Waals surface area (Å²) in [5.74, 6) is 0. The summed E-state index contributed by atoms with van der Waals surface area (Å²) >= 11 is 11.8. The first-order valence-corrected chi connectivity index (χ1v) is 8.55. The van der Waals surface area contributed by atoms with Gasteiger partial charge in [-0.05, 0) is 29.8 Å². The highest BCUT2D eigenvalue weighted by Crippen LogP contribution is 2.23. The molecule has 0 saturated carbocycles. The summed E-state index contributed by atoms with van der Waals surface area (Å²) in [6.07, 6.45) is -0.297. The van der Waals surface area contributed by atoms with Crippen LogP contribution in [0.3, 0.4) is 0 Å². The number of nitrogens with zero attached hydrogens (tertiary/aromatic N) is 2. The minimum absolute atomic E-state index is 0.189. The average Bonchev–Trinajstić information content (AvgIpc) is 2.63. The molecule has 2 aromatic carbocycles. The lowest BCUT2D eigenvalue weighted by molar-refractivity contribution is 0.0942. The Morgan fingerprint density at radius 3 is 2.33 bits per heavy atom. The zero-order chi connectivity index (χ0) is 16.9. The highest BCUT2D eigenvalue weighted by molar-refractivity contribution is 6.42. The Kier molecular flexibility index (Phi) is 5.48. The lowest BCUT2D eigenvalue weighted by atomic mass is 10.2. The molecule has 0 bridgehead atoms. The molecule has 0 atom stereocenters. The molecule has 1 fully saturated rings. The summed E-state index contributed by atoms with van der Waals surface area (Å²) in [5.41, 5.74) is 2.00. The number of anilines is 1. The van der Waals surface area contributed by atoms with E-state index in [0.29, 0.717) is 23.1 Å². The monoisotopic (exact) mass is 364 g/mol. The van der Waals surface area contributed by atoms with Crippen LogP contribution < -0.4 is 4.90 Å². The molecule has 1 heterocycles.